The maximum Gasteiger partial charge on any atom is 0.277 e. The average Bonchev–Trinajstić information content (AvgIpc) is 2.78. The third-order valence-electron chi connectivity index (χ3n) is 4.84. The lowest BCUT2D eigenvalue weighted by atomic mass is 10.2. The van der Waals surface area contributed by atoms with Crippen LogP contribution in [-0.4, -0.2) is 37.2 Å². The summed E-state index contributed by atoms with van der Waals surface area (Å²) in [5, 5.41) is 6.85. The largest absolute Gasteiger partial charge is 0.484 e. The number of hydrogen-bond acceptors (Lipinski definition) is 5. The van der Waals surface area contributed by atoms with Gasteiger partial charge in [-0.25, -0.2) is 5.43 Å². The number of nitrogens with one attached hydrogen (secondary N) is 2. The van der Waals surface area contributed by atoms with E-state index in [1.54, 1.807) is 13.0 Å². The third-order valence-corrected chi connectivity index (χ3v) is 5.73. The molecule has 0 bridgehead atoms. The minimum absolute atomic E-state index is 0.102. The molecular weight excluding hydrogens is 472 g/mol. The van der Waals surface area contributed by atoms with Crippen LogP contribution in [0.2, 0.25) is 0 Å². The van der Waals surface area contributed by atoms with Crippen molar-refractivity contribution in [1.82, 2.24) is 10.7 Å². The summed E-state index contributed by atoms with van der Waals surface area (Å²) in [6.07, 6.45) is 0.102. The van der Waals surface area contributed by atoms with Crippen LogP contribution in [0.25, 0.3) is 0 Å². The number of aryl methyl sites for hydroxylation is 1. The van der Waals surface area contributed by atoms with Crippen molar-refractivity contribution in [3.8, 4) is 5.75 Å². The Bertz CT molecular complexity index is 941. The highest BCUT2D eigenvalue weighted by Gasteiger charge is 2.07. The van der Waals surface area contributed by atoms with E-state index in [0.717, 1.165) is 28.7 Å². The van der Waals surface area contributed by atoms with Gasteiger partial charge in [-0.05, 0) is 69.2 Å². The van der Waals surface area contributed by atoms with Gasteiger partial charge >= 0.3 is 0 Å². The quantitative estimate of drug-likeness (QED) is 0.356. The van der Waals surface area contributed by atoms with Gasteiger partial charge in [0.2, 0.25) is 5.91 Å². The summed E-state index contributed by atoms with van der Waals surface area (Å²) in [5.41, 5.74) is 6.13. The number of nitrogens with zero attached hydrogens (tertiary/aromatic N) is 2. The number of hydrazone groups is 1. The molecule has 0 atom stereocenters. The second-order valence-corrected chi connectivity index (χ2v) is 8.23. The second kappa shape index (κ2) is 12.9. The molecule has 0 spiro atoms. The lowest BCUT2D eigenvalue weighted by molar-refractivity contribution is -0.123. The molecule has 0 aromatic heterocycles. The Kier molecular flexibility index (Phi) is 10.2. The van der Waals surface area contributed by atoms with Crippen molar-refractivity contribution in [3.05, 3.63) is 58.1 Å². The van der Waals surface area contributed by atoms with E-state index in [4.69, 9.17) is 4.74 Å². The van der Waals surface area contributed by atoms with E-state index in [-0.39, 0.29) is 18.9 Å². The molecule has 0 saturated heterocycles. The van der Waals surface area contributed by atoms with Crippen LogP contribution in [0.5, 0.6) is 5.75 Å². The highest BCUT2D eigenvalue weighted by atomic mass is 79.9. The smallest absolute Gasteiger partial charge is 0.277 e. The molecule has 0 aliphatic heterocycles. The summed E-state index contributed by atoms with van der Waals surface area (Å²) >= 11 is 3.42. The molecule has 0 radical (unpaired) electrons. The molecule has 0 fully saturated rings. The van der Waals surface area contributed by atoms with Crippen LogP contribution in [-0.2, 0) is 16.1 Å². The summed E-state index contributed by atoms with van der Waals surface area (Å²) in [6.45, 7) is 10.1. The van der Waals surface area contributed by atoms with E-state index in [9.17, 15) is 9.59 Å². The number of rotatable bonds is 11. The summed E-state index contributed by atoms with van der Waals surface area (Å²) < 4.78 is 6.43. The Morgan fingerprint density at radius 2 is 1.75 bits per heavy atom. The fourth-order valence-electron chi connectivity index (χ4n) is 2.99. The number of carbonyl (C=O) groups is 2. The fourth-order valence-corrected chi connectivity index (χ4v) is 3.24. The fraction of sp³-hybridized carbons (Fsp3) is 0.375. The molecule has 32 heavy (non-hydrogen) atoms. The third kappa shape index (κ3) is 8.34. The molecule has 2 aromatic rings. The highest BCUT2D eigenvalue weighted by molar-refractivity contribution is 9.10. The number of halogens is 1. The Morgan fingerprint density at radius 3 is 2.38 bits per heavy atom. The first-order valence-electron chi connectivity index (χ1n) is 10.6. The molecule has 0 heterocycles. The van der Waals surface area contributed by atoms with E-state index in [1.165, 1.54) is 5.69 Å². The molecule has 0 aliphatic rings. The van der Waals surface area contributed by atoms with Crippen molar-refractivity contribution in [2.75, 3.05) is 24.6 Å². The topological polar surface area (TPSA) is 83.0 Å². The van der Waals surface area contributed by atoms with E-state index in [0.29, 0.717) is 18.0 Å². The standard InChI is InChI=1S/C24H31BrN4O3/c1-5-29(6-2)20-9-7-19(8-10-20)15-26-23(30)14-18(4)27-28-24(31)16-32-21-11-12-22(25)17(3)13-21/h7-13H,5-6,14-16H2,1-4H3,(H,26,30)(H,28,31). The lowest BCUT2D eigenvalue weighted by Crippen LogP contribution is -2.28. The molecule has 0 aliphatic carbocycles. The Hall–Kier alpha value is -2.87. The van der Waals surface area contributed by atoms with Crippen LogP contribution >= 0.6 is 15.9 Å². The predicted molar refractivity (Wildman–Crippen MR) is 132 cm³/mol. The van der Waals surface area contributed by atoms with Gasteiger partial charge in [-0.15, -0.1) is 0 Å². The predicted octanol–water partition coefficient (Wildman–Crippen LogP) is 4.18. The van der Waals surface area contributed by atoms with Gasteiger partial charge in [0.25, 0.3) is 5.91 Å². The minimum atomic E-state index is -0.390. The molecule has 7 nitrogen and oxygen atoms in total. The van der Waals surface area contributed by atoms with Gasteiger partial charge in [0.1, 0.15) is 5.75 Å². The molecule has 8 heteroatoms. The minimum Gasteiger partial charge on any atom is -0.484 e. The van der Waals surface area contributed by atoms with Gasteiger partial charge < -0.3 is 15.0 Å². The van der Waals surface area contributed by atoms with Crippen molar-refractivity contribution >= 4 is 39.1 Å². The summed E-state index contributed by atoms with van der Waals surface area (Å²) in [7, 11) is 0. The summed E-state index contributed by atoms with van der Waals surface area (Å²) in [6, 6.07) is 13.6. The number of carbonyl (C=O) groups excluding carboxylic acids is 2. The monoisotopic (exact) mass is 502 g/mol. The van der Waals surface area contributed by atoms with Gasteiger partial charge in [-0.2, -0.15) is 5.10 Å². The van der Waals surface area contributed by atoms with E-state index >= 15 is 0 Å². The SMILES string of the molecule is CCN(CC)c1ccc(CNC(=O)CC(C)=NNC(=O)COc2ccc(Br)c(C)c2)cc1. The lowest BCUT2D eigenvalue weighted by Gasteiger charge is -2.21. The Balaban J connectivity index is 1.73. The molecule has 0 saturated carbocycles. The van der Waals surface area contributed by atoms with Crippen molar-refractivity contribution in [3.63, 3.8) is 0 Å². The van der Waals surface area contributed by atoms with Gasteiger partial charge in [-0.3, -0.25) is 9.59 Å². The van der Waals surface area contributed by atoms with Crippen LogP contribution in [0.1, 0.15) is 38.3 Å². The van der Waals surface area contributed by atoms with Crippen LogP contribution in [0.15, 0.2) is 52.0 Å². The number of hydrogen-bond donors (Lipinski definition) is 2. The Morgan fingerprint density at radius 1 is 1.06 bits per heavy atom. The molecular formula is C24H31BrN4O3. The van der Waals surface area contributed by atoms with E-state index in [2.05, 4.69) is 62.7 Å². The maximum atomic E-state index is 12.2. The molecule has 2 aromatic carbocycles. The normalized spacial score (nSPS) is 11.1. The van der Waals surface area contributed by atoms with Crippen LogP contribution in [0.3, 0.4) is 0 Å². The van der Waals surface area contributed by atoms with Crippen LogP contribution in [0, 0.1) is 6.92 Å². The number of benzene rings is 2. The molecule has 2 amide bonds. The van der Waals surface area contributed by atoms with Crippen molar-refractivity contribution in [2.45, 2.75) is 40.7 Å². The van der Waals surface area contributed by atoms with Gasteiger partial charge in [0, 0.05) is 35.5 Å². The number of ether oxygens (including phenoxy) is 1. The Labute approximate surface area is 198 Å². The molecule has 2 rings (SSSR count). The van der Waals surface area contributed by atoms with Gasteiger partial charge in [-0.1, -0.05) is 28.1 Å². The first-order valence-corrected chi connectivity index (χ1v) is 11.4. The van der Waals surface area contributed by atoms with E-state index in [1.807, 2.05) is 31.2 Å². The van der Waals surface area contributed by atoms with Gasteiger partial charge in [0.15, 0.2) is 6.61 Å². The maximum absolute atomic E-state index is 12.2. The molecule has 172 valence electrons. The van der Waals surface area contributed by atoms with Crippen molar-refractivity contribution in [1.29, 1.82) is 0 Å². The van der Waals surface area contributed by atoms with Crippen molar-refractivity contribution < 1.29 is 14.3 Å². The van der Waals surface area contributed by atoms with Crippen LogP contribution in [0.4, 0.5) is 5.69 Å². The average molecular weight is 503 g/mol. The zero-order valence-electron chi connectivity index (χ0n) is 19.1. The molecule has 2 N–H and O–H groups in total. The zero-order valence-corrected chi connectivity index (χ0v) is 20.7. The first kappa shape index (κ1) is 25.4. The zero-order chi connectivity index (χ0) is 23.5. The number of anilines is 1. The summed E-state index contributed by atoms with van der Waals surface area (Å²) in [5.74, 6) is 0.0552. The second-order valence-electron chi connectivity index (χ2n) is 7.37. The van der Waals surface area contributed by atoms with Crippen molar-refractivity contribution in [2.24, 2.45) is 5.10 Å². The van der Waals surface area contributed by atoms with Crippen LogP contribution < -0.4 is 20.4 Å². The number of amides is 2. The first-order chi connectivity index (χ1) is 15.3. The highest BCUT2D eigenvalue weighted by Crippen LogP contribution is 2.21. The van der Waals surface area contributed by atoms with E-state index < -0.39 is 5.91 Å². The van der Waals surface area contributed by atoms with Gasteiger partial charge in [0.05, 0.1) is 6.42 Å². The molecule has 0 unspecified atom stereocenters. The summed E-state index contributed by atoms with van der Waals surface area (Å²) in [4.78, 5) is 26.4.